The van der Waals surface area contributed by atoms with Crippen LogP contribution in [-0.2, 0) is 6.42 Å². The lowest BCUT2D eigenvalue weighted by atomic mass is 10.1. The number of carbonyl (C=O) groups is 1. The van der Waals surface area contributed by atoms with Gasteiger partial charge in [-0.25, -0.2) is 0 Å². The maximum Gasteiger partial charge on any atom is 0.255 e. The average Bonchev–Trinajstić information content (AvgIpc) is 2.86. The molecule has 96 valence electrons. The highest BCUT2D eigenvalue weighted by Gasteiger charge is 2.13. The molecule has 0 unspecified atom stereocenters. The Hall–Kier alpha value is -2.00. The molecule has 2 aromatic carbocycles. The minimum Gasteiger partial charge on any atom is -0.493 e. The summed E-state index contributed by atoms with van der Waals surface area (Å²) in [5.74, 6) is 0.738. The first-order valence-electron chi connectivity index (χ1n) is 6.05. The van der Waals surface area contributed by atoms with Crippen LogP contribution in [0, 0.1) is 0 Å². The molecule has 0 spiro atoms. The first-order valence-corrected chi connectivity index (χ1v) is 6.43. The summed E-state index contributed by atoms with van der Waals surface area (Å²) in [5, 5.41) is 3.41. The van der Waals surface area contributed by atoms with Gasteiger partial charge in [-0.3, -0.25) is 4.79 Å². The van der Waals surface area contributed by atoms with Gasteiger partial charge in [-0.05, 0) is 42.0 Å². The van der Waals surface area contributed by atoms with Crippen LogP contribution in [0.4, 0.5) is 5.69 Å². The van der Waals surface area contributed by atoms with Gasteiger partial charge in [0.05, 0.1) is 6.61 Å². The van der Waals surface area contributed by atoms with E-state index in [0.29, 0.717) is 17.2 Å². The molecule has 1 heterocycles. The second kappa shape index (κ2) is 4.94. The Kier molecular flexibility index (Phi) is 3.13. The molecule has 1 aliphatic rings. The van der Waals surface area contributed by atoms with E-state index in [1.165, 1.54) is 0 Å². The number of nitrogens with one attached hydrogen (secondary N) is 1. The molecule has 0 saturated heterocycles. The summed E-state index contributed by atoms with van der Waals surface area (Å²) in [6.07, 6.45) is 0.885. The fraction of sp³-hybridized carbons (Fsp3) is 0.133. The number of benzene rings is 2. The standard InChI is InChI=1S/C15H12ClNO2/c16-12-3-1-2-11(8-12)15(18)17-13-4-5-14-10(9-13)6-7-19-14/h1-5,8-9H,6-7H2,(H,17,18). The van der Waals surface area contributed by atoms with Gasteiger partial charge in [-0.2, -0.15) is 0 Å². The van der Waals surface area contributed by atoms with Gasteiger partial charge in [0.25, 0.3) is 5.91 Å². The second-order valence-electron chi connectivity index (χ2n) is 4.39. The van der Waals surface area contributed by atoms with Crippen LogP contribution >= 0.6 is 11.6 Å². The van der Waals surface area contributed by atoms with E-state index >= 15 is 0 Å². The van der Waals surface area contributed by atoms with Gasteiger partial charge in [0.1, 0.15) is 5.75 Å². The lowest BCUT2D eigenvalue weighted by Crippen LogP contribution is -2.11. The summed E-state index contributed by atoms with van der Waals surface area (Å²) in [6.45, 7) is 0.709. The molecule has 3 nitrogen and oxygen atoms in total. The number of halogens is 1. The Labute approximate surface area is 116 Å². The Bertz CT molecular complexity index is 640. The van der Waals surface area contributed by atoms with Crippen molar-refractivity contribution in [1.29, 1.82) is 0 Å². The van der Waals surface area contributed by atoms with Crippen molar-refractivity contribution in [1.82, 2.24) is 0 Å². The van der Waals surface area contributed by atoms with Crippen molar-refractivity contribution in [2.45, 2.75) is 6.42 Å². The molecular weight excluding hydrogens is 262 g/mol. The number of hydrogen-bond acceptors (Lipinski definition) is 2. The first kappa shape index (κ1) is 12.1. The molecular formula is C15H12ClNO2. The van der Waals surface area contributed by atoms with Crippen LogP contribution in [0.25, 0.3) is 0 Å². The van der Waals surface area contributed by atoms with Crippen molar-refractivity contribution in [3.8, 4) is 5.75 Å². The van der Waals surface area contributed by atoms with Gasteiger partial charge in [0, 0.05) is 22.7 Å². The van der Waals surface area contributed by atoms with Crippen LogP contribution in [0.5, 0.6) is 5.75 Å². The highest BCUT2D eigenvalue weighted by atomic mass is 35.5. The van der Waals surface area contributed by atoms with Gasteiger partial charge < -0.3 is 10.1 Å². The number of amides is 1. The maximum absolute atomic E-state index is 12.1. The van der Waals surface area contributed by atoms with Crippen LogP contribution < -0.4 is 10.1 Å². The van der Waals surface area contributed by atoms with E-state index in [0.717, 1.165) is 23.4 Å². The third-order valence-electron chi connectivity index (χ3n) is 3.03. The lowest BCUT2D eigenvalue weighted by molar-refractivity contribution is 0.102. The highest BCUT2D eigenvalue weighted by molar-refractivity contribution is 6.31. The fourth-order valence-electron chi connectivity index (χ4n) is 2.10. The number of carbonyl (C=O) groups excluding carboxylic acids is 1. The molecule has 0 aliphatic carbocycles. The van der Waals surface area contributed by atoms with Gasteiger partial charge in [0.15, 0.2) is 0 Å². The number of rotatable bonds is 2. The third kappa shape index (κ3) is 2.56. The summed E-state index contributed by atoms with van der Waals surface area (Å²) in [5.41, 5.74) is 2.45. The molecule has 0 bridgehead atoms. The van der Waals surface area contributed by atoms with Crippen LogP contribution in [0.2, 0.25) is 5.02 Å². The highest BCUT2D eigenvalue weighted by Crippen LogP contribution is 2.28. The molecule has 4 heteroatoms. The molecule has 0 atom stereocenters. The van der Waals surface area contributed by atoms with Crippen LogP contribution in [0.1, 0.15) is 15.9 Å². The minimum atomic E-state index is -0.165. The smallest absolute Gasteiger partial charge is 0.255 e. The molecule has 0 fully saturated rings. The predicted octanol–water partition coefficient (Wildman–Crippen LogP) is 3.53. The van der Waals surface area contributed by atoms with Crippen LogP contribution in [-0.4, -0.2) is 12.5 Å². The van der Waals surface area contributed by atoms with Gasteiger partial charge in [0.2, 0.25) is 0 Å². The zero-order chi connectivity index (χ0) is 13.2. The summed E-state index contributed by atoms with van der Waals surface area (Å²) in [7, 11) is 0. The van der Waals surface area contributed by atoms with E-state index in [9.17, 15) is 4.79 Å². The Morgan fingerprint density at radius 2 is 2.11 bits per heavy atom. The lowest BCUT2D eigenvalue weighted by Gasteiger charge is -2.07. The quantitative estimate of drug-likeness (QED) is 0.909. The van der Waals surface area contributed by atoms with Crippen molar-refractivity contribution in [2.24, 2.45) is 0 Å². The maximum atomic E-state index is 12.1. The molecule has 19 heavy (non-hydrogen) atoms. The normalized spacial score (nSPS) is 12.7. The molecule has 1 aliphatic heterocycles. The number of anilines is 1. The van der Waals surface area contributed by atoms with E-state index in [4.69, 9.17) is 16.3 Å². The SMILES string of the molecule is O=C(Nc1ccc2c(c1)CCO2)c1cccc(Cl)c1. The molecule has 2 aromatic rings. The van der Waals surface area contributed by atoms with E-state index in [1.807, 2.05) is 18.2 Å². The molecule has 0 radical (unpaired) electrons. The van der Waals surface area contributed by atoms with Crippen molar-refractivity contribution in [3.05, 3.63) is 58.6 Å². The second-order valence-corrected chi connectivity index (χ2v) is 4.82. The van der Waals surface area contributed by atoms with E-state index in [2.05, 4.69) is 5.32 Å². The summed E-state index contributed by atoms with van der Waals surface area (Å²) >= 11 is 5.87. The van der Waals surface area contributed by atoms with Crippen LogP contribution in [0.15, 0.2) is 42.5 Å². The van der Waals surface area contributed by atoms with Gasteiger partial charge in [-0.1, -0.05) is 17.7 Å². The average molecular weight is 274 g/mol. The predicted molar refractivity (Wildman–Crippen MR) is 75.0 cm³/mol. The largest absolute Gasteiger partial charge is 0.493 e. The van der Waals surface area contributed by atoms with E-state index < -0.39 is 0 Å². The molecule has 1 N–H and O–H groups in total. The van der Waals surface area contributed by atoms with E-state index in [1.54, 1.807) is 24.3 Å². The number of hydrogen-bond donors (Lipinski definition) is 1. The summed E-state index contributed by atoms with van der Waals surface area (Å²) < 4.78 is 5.43. The van der Waals surface area contributed by atoms with Crippen molar-refractivity contribution >= 4 is 23.2 Å². The number of fused-ring (bicyclic) bond motifs is 1. The first-order chi connectivity index (χ1) is 9.22. The molecule has 0 saturated carbocycles. The van der Waals surface area contributed by atoms with Crippen LogP contribution in [0.3, 0.4) is 0 Å². The Morgan fingerprint density at radius 1 is 1.21 bits per heavy atom. The summed E-state index contributed by atoms with van der Waals surface area (Å²) in [6, 6.07) is 12.6. The third-order valence-corrected chi connectivity index (χ3v) is 3.27. The molecule has 1 amide bonds. The minimum absolute atomic E-state index is 0.165. The monoisotopic (exact) mass is 273 g/mol. The van der Waals surface area contributed by atoms with Crippen molar-refractivity contribution in [3.63, 3.8) is 0 Å². The topological polar surface area (TPSA) is 38.3 Å². The number of ether oxygens (including phenoxy) is 1. The zero-order valence-electron chi connectivity index (χ0n) is 10.2. The van der Waals surface area contributed by atoms with E-state index in [-0.39, 0.29) is 5.91 Å². The molecule has 3 rings (SSSR count). The Morgan fingerprint density at radius 3 is 2.95 bits per heavy atom. The summed E-state index contributed by atoms with van der Waals surface area (Å²) in [4.78, 5) is 12.1. The fourth-order valence-corrected chi connectivity index (χ4v) is 2.29. The molecule has 0 aromatic heterocycles. The Balaban J connectivity index is 1.80. The van der Waals surface area contributed by atoms with Crippen molar-refractivity contribution in [2.75, 3.05) is 11.9 Å². The van der Waals surface area contributed by atoms with Gasteiger partial charge >= 0.3 is 0 Å². The zero-order valence-corrected chi connectivity index (χ0v) is 10.9. The van der Waals surface area contributed by atoms with Crippen molar-refractivity contribution < 1.29 is 9.53 Å². The van der Waals surface area contributed by atoms with Gasteiger partial charge in [-0.15, -0.1) is 0 Å².